The summed E-state index contributed by atoms with van der Waals surface area (Å²) in [6, 6.07) is -0.759. The predicted molar refractivity (Wildman–Crippen MR) is 69.4 cm³/mol. The van der Waals surface area contributed by atoms with E-state index in [1.165, 1.54) is 4.90 Å². The van der Waals surface area contributed by atoms with Gasteiger partial charge < -0.3 is 10.6 Å². The van der Waals surface area contributed by atoms with E-state index < -0.39 is 6.04 Å². The first-order chi connectivity index (χ1) is 9.15. The molecule has 7 nitrogen and oxygen atoms in total. The topological polar surface area (TPSA) is 87.2 Å². The first-order valence-corrected chi connectivity index (χ1v) is 6.26. The Balaban J connectivity index is 2.05. The van der Waals surface area contributed by atoms with Crippen molar-refractivity contribution in [3.8, 4) is 0 Å². The Labute approximate surface area is 111 Å². The molecule has 1 aliphatic heterocycles. The molecule has 102 valence electrons. The van der Waals surface area contributed by atoms with Gasteiger partial charge in [0.05, 0.1) is 24.6 Å². The molecule has 0 aliphatic carbocycles. The van der Waals surface area contributed by atoms with Gasteiger partial charge in [-0.2, -0.15) is 0 Å². The summed E-state index contributed by atoms with van der Waals surface area (Å²) in [6.07, 6.45) is 4.63. The third-order valence-electron chi connectivity index (χ3n) is 2.97. The number of imide groups is 1. The van der Waals surface area contributed by atoms with Crippen LogP contribution in [0.1, 0.15) is 25.5 Å². The fourth-order valence-corrected chi connectivity index (χ4v) is 1.94. The zero-order chi connectivity index (χ0) is 13.8. The molecule has 19 heavy (non-hydrogen) atoms. The smallest absolute Gasteiger partial charge is 0.325 e. The summed E-state index contributed by atoms with van der Waals surface area (Å²) in [6.45, 7) is 2.13. The highest BCUT2D eigenvalue weighted by molar-refractivity contribution is 6.04. The van der Waals surface area contributed by atoms with Gasteiger partial charge in [-0.05, 0) is 6.42 Å². The van der Waals surface area contributed by atoms with Crippen LogP contribution >= 0.6 is 0 Å². The van der Waals surface area contributed by atoms with Gasteiger partial charge in [-0.25, -0.2) is 9.78 Å². The fraction of sp³-hybridized carbons (Fsp3) is 0.500. The quantitative estimate of drug-likeness (QED) is 0.765. The van der Waals surface area contributed by atoms with Crippen molar-refractivity contribution in [3.63, 3.8) is 0 Å². The normalized spacial score (nSPS) is 18.6. The Hall–Kier alpha value is -2.18. The lowest BCUT2D eigenvalue weighted by molar-refractivity contribution is -0.128. The SMILES string of the molecule is CCCC1NC(=O)N(Cc2cnc(NC)cn2)C1=O. The van der Waals surface area contributed by atoms with Gasteiger partial charge in [0, 0.05) is 7.05 Å². The van der Waals surface area contributed by atoms with Crippen molar-refractivity contribution in [1.29, 1.82) is 0 Å². The van der Waals surface area contributed by atoms with Gasteiger partial charge >= 0.3 is 6.03 Å². The number of nitrogens with zero attached hydrogens (tertiary/aromatic N) is 3. The van der Waals surface area contributed by atoms with Crippen LogP contribution in [0.4, 0.5) is 10.6 Å². The number of nitrogens with one attached hydrogen (secondary N) is 2. The molecule has 1 fully saturated rings. The van der Waals surface area contributed by atoms with E-state index in [2.05, 4.69) is 20.6 Å². The van der Waals surface area contributed by atoms with Crippen LogP contribution in [0.2, 0.25) is 0 Å². The van der Waals surface area contributed by atoms with Gasteiger partial charge in [-0.1, -0.05) is 13.3 Å². The first kappa shape index (κ1) is 13.3. The molecule has 0 spiro atoms. The third-order valence-corrected chi connectivity index (χ3v) is 2.97. The molecular formula is C12H17N5O2. The Bertz CT molecular complexity index is 474. The minimum atomic E-state index is -0.401. The van der Waals surface area contributed by atoms with Crippen molar-refractivity contribution in [2.24, 2.45) is 0 Å². The van der Waals surface area contributed by atoms with E-state index in [-0.39, 0.29) is 18.5 Å². The summed E-state index contributed by atoms with van der Waals surface area (Å²) in [7, 11) is 1.75. The molecule has 7 heteroatoms. The van der Waals surface area contributed by atoms with Crippen LogP contribution in [0.25, 0.3) is 0 Å². The predicted octanol–water partition coefficient (Wildman–Crippen LogP) is 0.739. The standard InChI is InChI=1S/C12H17N5O2/c1-3-4-9-11(18)17(12(19)16-9)7-8-5-15-10(13-2)6-14-8/h5-6,9H,3-4,7H2,1-2H3,(H,13,15)(H,16,19). The molecule has 1 aliphatic rings. The maximum atomic E-state index is 12.0. The van der Waals surface area contributed by atoms with Crippen LogP contribution in [0, 0.1) is 0 Å². The Morgan fingerprint density at radius 2 is 2.16 bits per heavy atom. The van der Waals surface area contributed by atoms with Gasteiger partial charge in [0.1, 0.15) is 11.9 Å². The molecule has 1 saturated heterocycles. The number of hydrogen-bond donors (Lipinski definition) is 2. The molecule has 1 unspecified atom stereocenters. The van der Waals surface area contributed by atoms with E-state index in [0.29, 0.717) is 17.9 Å². The average molecular weight is 263 g/mol. The summed E-state index contributed by atoms with van der Waals surface area (Å²) in [5.74, 6) is 0.455. The first-order valence-electron chi connectivity index (χ1n) is 6.26. The summed E-state index contributed by atoms with van der Waals surface area (Å²) < 4.78 is 0. The van der Waals surface area contributed by atoms with Crippen LogP contribution < -0.4 is 10.6 Å². The lowest BCUT2D eigenvalue weighted by Gasteiger charge is -2.12. The molecule has 0 saturated carbocycles. The van der Waals surface area contributed by atoms with Crippen molar-refractivity contribution >= 4 is 17.8 Å². The Kier molecular flexibility index (Phi) is 3.94. The van der Waals surface area contributed by atoms with Gasteiger partial charge in [0.15, 0.2) is 0 Å². The molecule has 0 radical (unpaired) electrons. The molecule has 1 aromatic rings. The lowest BCUT2D eigenvalue weighted by Crippen LogP contribution is -2.31. The maximum Gasteiger partial charge on any atom is 0.325 e. The van der Waals surface area contributed by atoms with Crippen molar-refractivity contribution < 1.29 is 9.59 Å². The number of aromatic nitrogens is 2. The van der Waals surface area contributed by atoms with Gasteiger partial charge in [-0.15, -0.1) is 0 Å². The van der Waals surface area contributed by atoms with Crippen LogP contribution in [-0.4, -0.2) is 39.9 Å². The number of carbonyl (C=O) groups is 2. The summed E-state index contributed by atoms with van der Waals surface area (Å²) >= 11 is 0. The molecule has 1 atom stereocenters. The highest BCUT2D eigenvalue weighted by atomic mass is 16.2. The van der Waals surface area contributed by atoms with Crippen LogP contribution in [0.3, 0.4) is 0 Å². The van der Waals surface area contributed by atoms with E-state index in [1.807, 2.05) is 6.92 Å². The third kappa shape index (κ3) is 2.81. The number of amides is 3. The molecule has 2 N–H and O–H groups in total. The molecule has 0 bridgehead atoms. The lowest BCUT2D eigenvalue weighted by atomic mass is 10.2. The number of carbonyl (C=O) groups excluding carboxylic acids is 2. The number of anilines is 1. The summed E-state index contributed by atoms with van der Waals surface area (Å²) in [5.41, 5.74) is 0.583. The highest BCUT2D eigenvalue weighted by Gasteiger charge is 2.37. The van der Waals surface area contributed by atoms with E-state index in [1.54, 1.807) is 19.4 Å². The second-order valence-corrected chi connectivity index (χ2v) is 4.36. The monoisotopic (exact) mass is 263 g/mol. The van der Waals surface area contributed by atoms with E-state index in [4.69, 9.17) is 0 Å². The average Bonchev–Trinajstić information content (AvgIpc) is 2.68. The van der Waals surface area contributed by atoms with Gasteiger partial charge in [-0.3, -0.25) is 14.7 Å². The molecule has 1 aromatic heterocycles. The summed E-state index contributed by atoms with van der Waals surface area (Å²) in [4.78, 5) is 33.2. The minimum absolute atomic E-state index is 0.155. The van der Waals surface area contributed by atoms with Crippen molar-refractivity contribution in [1.82, 2.24) is 20.2 Å². The molecule has 2 heterocycles. The largest absolute Gasteiger partial charge is 0.372 e. The number of rotatable bonds is 5. The number of hydrogen-bond acceptors (Lipinski definition) is 5. The van der Waals surface area contributed by atoms with E-state index >= 15 is 0 Å². The van der Waals surface area contributed by atoms with Gasteiger partial charge in [0.25, 0.3) is 5.91 Å². The van der Waals surface area contributed by atoms with Gasteiger partial charge in [0.2, 0.25) is 0 Å². The molecular weight excluding hydrogens is 246 g/mol. The Morgan fingerprint density at radius 1 is 1.37 bits per heavy atom. The number of urea groups is 1. The van der Waals surface area contributed by atoms with Crippen LogP contribution in [0.5, 0.6) is 0 Å². The fourth-order valence-electron chi connectivity index (χ4n) is 1.94. The zero-order valence-electron chi connectivity index (χ0n) is 11.0. The molecule has 2 rings (SSSR count). The molecule has 0 aromatic carbocycles. The van der Waals surface area contributed by atoms with Crippen LogP contribution in [-0.2, 0) is 11.3 Å². The molecule has 3 amide bonds. The van der Waals surface area contributed by atoms with Crippen molar-refractivity contribution in [2.45, 2.75) is 32.4 Å². The second-order valence-electron chi connectivity index (χ2n) is 4.36. The Morgan fingerprint density at radius 3 is 2.74 bits per heavy atom. The van der Waals surface area contributed by atoms with Crippen molar-refractivity contribution in [2.75, 3.05) is 12.4 Å². The highest BCUT2D eigenvalue weighted by Crippen LogP contribution is 2.14. The minimum Gasteiger partial charge on any atom is -0.372 e. The van der Waals surface area contributed by atoms with Crippen molar-refractivity contribution in [3.05, 3.63) is 18.1 Å². The second kappa shape index (κ2) is 5.64. The zero-order valence-corrected chi connectivity index (χ0v) is 11.0. The van der Waals surface area contributed by atoms with E-state index in [9.17, 15) is 9.59 Å². The van der Waals surface area contributed by atoms with Crippen LogP contribution in [0.15, 0.2) is 12.4 Å². The summed E-state index contributed by atoms with van der Waals surface area (Å²) in [5, 5.41) is 5.53. The van der Waals surface area contributed by atoms with E-state index in [0.717, 1.165) is 6.42 Å². The maximum absolute atomic E-state index is 12.0.